The lowest BCUT2D eigenvalue weighted by molar-refractivity contribution is 1.02. The Morgan fingerprint density at radius 3 is 3.25 bits per heavy atom. The molecular formula is C12H10. The minimum absolute atomic E-state index is 0.0214. The SMILES string of the molecule is [2H]c1c([2H])c2c3c(ccc([2H])c3c1[2H])CC2[2H]. The summed E-state index contributed by atoms with van der Waals surface area (Å²) in [5, 5.41) is 1.12. The summed E-state index contributed by atoms with van der Waals surface area (Å²) in [5.74, 6) is 0. The molecule has 0 heteroatoms. The Hall–Kier alpha value is -1.30. The molecule has 0 nitrogen and oxygen atoms in total. The van der Waals surface area contributed by atoms with Gasteiger partial charge in [0.15, 0.2) is 0 Å². The van der Waals surface area contributed by atoms with Crippen molar-refractivity contribution in [2.45, 2.75) is 12.8 Å². The third kappa shape index (κ3) is 0.672. The zero-order chi connectivity index (χ0) is 12.3. The zero-order valence-electron chi connectivity index (χ0n) is 11.4. The van der Waals surface area contributed by atoms with Crippen LogP contribution in [0.15, 0.2) is 36.3 Å². The number of hydrogen-bond donors (Lipinski definition) is 0. The van der Waals surface area contributed by atoms with Crippen molar-refractivity contribution in [3.63, 3.8) is 0 Å². The van der Waals surface area contributed by atoms with E-state index in [2.05, 4.69) is 0 Å². The second kappa shape index (κ2) is 2.10. The summed E-state index contributed by atoms with van der Waals surface area (Å²) in [7, 11) is 0. The fraction of sp³-hybridized carbons (Fsp3) is 0.167. The van der Waals surface area contributed by atoms with Gasteiger partial charge >= 0.3 is 0 Å². The Morgan fingerprint density at radius 1 is 1.25 bits per heavy atom. The molecule has 0 amide bonds. The summed E-state index contributed by atoms with van der Waals surface area (Å²) < 4.78 is 39.3. The molecule has 1 aliphatic rings. The monoisotopic (exact) mass is 159 g/mol. The van der Waals surface area contributed by atoms with E-state index in [1.807, 2.05) is 0 Å². The molecule has 0 fully saturated rings. The molecule has 0 aliphatic heterocycles. The summed E-state index contributed by atoms with van der Waals surface area (Å²) >= 11 is 0. The van der Waals surface area contributed by atoms with Crippen LogP contribution in [0.2, 0.25) is 0 Å². The first kappa shape index (κ1) is 3.21. The topological polar surface area (TPSA) is 0 Å². The Bertz CT molecular complexity index is 647. The van der Waals surface area contributed by atoms with Crippen LogP contribution in [-0.2, 0) is 12.8 Å². The number of rotatable bonds is 0. The summed E-state index contributed by atoms with van der Waals surface area (Å²) in [5.41, 5.74) is 1.44. The van der Waals surface area contributed by atoms with Crippen molar-refractivity contribution in [2.75, 3.05) is 0 Å². The quantitative estimate of drug-likeness (QED) is 0.554. The van der Waals surface area contributed by atoms with E-state index in [1.54, 1.807) is 12.1 Å². The number of hydrogen-bond acceptors (Lipinski definition) is 0. The van der Waals surface area contributed by atoms with E-state index in [-0.39, 0.29) is 24.2 Å². The van der Waals surface area contributed by atoms with Crippen molar-refractivity contribution in [1.29, 1.82) is 0 Å². The molecule has 0 spiro atoms. The average Bonchev–Trinajstić information content (AvgIpc) is 2.61. The molecule has 2 aromatic carbocycles. The van der Waals surface area contributed by atoms with Crippen LogP contribution in [0.3, 0.4) is 0 Å². The molecule has 1 unspecified atom stereocenters. The summed E-state index contributed by atoms with van der Waals surface area (Å²) in [6, 6.07) is 3.36. The molecular weight excluding hydrogens is 144 g/mol. The largest absolute Gasteiger partial charge is 0.0629 e. The van der Waals surface area contributed by atoms with Crippen LogP contribution < -0.4 is 0 Å². The Labute approximate surface area is 78.9 Å². The lowest BCUT2D eigenvalue weighted by Crippen LogP contribution is -1.76. The molecule has 0 saturated carbocycles. The van der Waals surface area contributed by atoms with Gasteiger partial charge in [-0.2, -0.15) is 0 Å². The van der Waals surface area contributed by atoms with Gasteiger partial charge in [0.05, 0.1) is 5.48 Å². The van der Waals surface area contributed by atoms with Gasteiger partial charge in [-0.15, -0.1) is 0 Å². The van der Waals surface area contributed by atoms with Crippen molar-refractivity contribution >= 4 is 10.8 Å². The summed E-state index contributed by atoms with van der Waals surface area (Å²) in [6.45, 7) is 0. The van der Waals surface area contributed by atoms with Crippen LogP contribution in [0.25, 0.3) is 10.8 Å². The molecule has 0 saturated heterocycles. The Balaban J connectivity index is 2.62. The molecule has 12 heavy (non-hydrogen) atoms. The third-order valence-corrected chi connectivity index (χ3v) is 2.26. The average molecular weight is 159 g/mol. The molecule has 2 aromatic rings. The second-order valence-electron chi connectivity index (χ2n) is 2.95. The predicted octanol–water partition coefficient (Wildman–Crippen LogP) is 2.94. The second-order valence-corrected chi connectivity index (χ2v) is 2.95. The molecule has 1 atom stereocenters. The summed E-state index contributed by atoms with van der Waals surface area (Å²) in [6.07, 6.45) is -0.0209. The van der Waals surface area contributed by atoms with Crippen molar-refractivity contribution in [3.8, 4) is 0 Å². The van der Waals surface area contributed by atoms with E-state index in [1.165, 1.54) is 0 Å². The first-order chi connectivity index (χ1) is 8.02. The molecule has 0 bridgehead atoms. The molecule has 1 aliphatic carbocycles. The van der Waals surface area contributed by atoms with Gasteiger partial charge in [0.2, 0.25) is 0 Å². The highest BCUT2D eigenvalue weighted by atomic mass is 14.2. The van der Waals surface area contributed by atoms with Gasteiger partial charge in [-0.25, -0.2) is 0 Å². The molecule has 58 valence electrons. The lowest BCUT2D eigenvalue weighted by Gasteiger charge is -1.99. The third-order valence-electron chi connectivity index (χ3n) is 2.26. The number of benzene rings is 2. The van der Waals surface area contributed by atoms with Crippen LogP contribution >= 0.6 is 0 Å². The Morgan fingerprint density at radius 2 is 2.25 bits per heavy atom. The van der Waals surface area contributed by atoms with Gasteiger partial charge in [0, 0.05) is 1.37 Å². The van der Waals surface area contributed by atoms with Crippen molar-refractivity contribution in [2.24, 2.45) is 0 Å². The molecule has 0 heterocycles. The first-order valence-corrected chi connectivity index (χ1v) is 3.96. The van der Waals surface area contributed by atoms with Crippen LogP contribution in [-0.4, -0.2) is 0 Å². The van der Waals surface area contributed by atoms with E-state index in [9.17, 15) is 0 Å². The minimum Gasteiger partial charge on any atom is -0.0614 e. The maximum atomic E-state index is 7.96. The van der Waals surface area contributed by atoms with Crippen LogP contribution in [0.1, 0.15) is 18.0 Å². The van der Waals surface area contributed by atoms with E-state index < -0.39 is 6.40 Å². The maximum Gasteiger partial charge on any atom is 0.0629 e. The predicted molar refractivity (Wildman–Crippen MR) is 51.4 cm³/mol. The molecule has 0 N–H and O–H groups in total. The molecule has 0 radical (unpaired) electrons. The lowest BCUT2D eigenvalue weighted by atomic mass is 10.1. The van der Waals surface area contributed by atoms with Gasteiger partial charge in [0.25, 0.3) is 0 Å². The summed E-state index contributed by atoms with van der Waals surface area (Å²) in [4.78, 5) is 0. The van der Waals surface area contributed by atoms with E-state index in [0.717, 1.165) is 5.56 Å². The molecule has 3 rings (SSSR count). The standard InChI is InChI=1S/C12H10/c1-3-9-4-2-6-11-8-7-10(5-1)12(9)11/h1-6H,7-8H2/i1D,3D,4D,5D,7D. The van der Waals surface area contributed by atoms with Crippen LogP contribution in [0.5, 0.6) is 0 Å². The van der Waals surface area contributed by atoms with Crippen molar-refractivity contribution < 1.29 is 6.85 Å². The van der Waals surface area contributed by atoms with Crippen LogP contribution in [0, 0.1) is 0 Å². The van der Waals surface area contributed by atoms with Gasteiger partial charge in [0.1, 0.15) is 0 Å². The fourth-order valence-electron chi connectivity index (χ4n) is 1.71. The number of aryl methyl sites for hydroxylation is 2. The van der Waals surface area contributed by atoms with E-state index in [4.69, 9.17) is 6.85 Å². The van der Waals surface area contributed by atoms with Gasteiger partial charge in [-0.3, -0.25) is 0 Å². The van der Waals surface area contributed by atoms with Crippen molar-refractivity contribution in [3.05, 3.63) is 47.4 Å². The first-order valence-electron chi connectivity index (χ1n) is 6.54. The molecule has 0 aromatic heterocycles. The van der Waals surface area contributed by atoms with E-state index >= 15 is 0 Å². The van der Waals surface area contributed by atoms with Gasteiger partial charge in [-0.1, -0.05) is 36.3 Å². The fourth-order valence-corrected chi connectivity index (χ4v) is 1.71. The normalized spacial score (nSPS) is 26.0. The zero-order valence-corrected chi connectivity index (χ0v) is 6.44. The highest BCUT2D eigenvalue weighted by Crippen LogP contribution is 2.29. The highest BCUT2D eigenvalue weighted by molar-refractivity contribution is 5.90. The maximum absolute atomic E-state index is 7.96. The van der Waals surface area contributed by atoms with E-state index in [0.29, 0.717) is 22.8 Å². The minimum atomic E-state index is -0.536. The van der Waals surface area contributed by atoms with Crippen LogP contribution in [0.4, 0.5) is 0 Å². The smallest absolute Gasteiger partial charge is 0.0614 e. The van der Waals surface area contributed by atoms with Crippen molar-refractivity contribution in [1.82, 2.24) is 0 Å². The van der Waals surface area contributed by atoms with Gasteiger partial charge in [-0.05, 0) is 34.7 Å². The van der Waals surface area contributed by atoms with Gasteiger partial charge < -0.3 is 0 Å². The highest BCUT2D eigenvalue weighted by Gasteiger charge is 2.11. The Kier molecular flexibility index (Phi) is 0.562.